The molecule has 0 atom stereocenters. The summed E-state index contributed by atoms with van der Waals surface area (Å²) in [4.78, 5) is 10.8. The van der Waals surface area contributed by atoms with Gasteiger partial charge in [-0.2, -0.15) is 4.98 Å². The summed E-state index contributed by atoms with van der Waals surface area (Å²) in [7, 11) is 2.00. The lowest BCUT2D eigenvalue weighted by molar-refractivity contribution is 0.529. The fraction of sp³-hybridized carbons (Fsp3) is 0.385. The normalized spacial score (nSPS) is 10.5. The van der Waals surface area contributed by atoms with Crippen molar-refractivity contribution in [3.8, 4) is 0 Å². The van der Waals surface area contributed by atoms with Crippen molar-refractivity contribution in [3.05, 3.63) is 34.3 Å². The van der Waals surface area contributed by atoms with Crippen LogP contribution in [0.25, 0.3) is 0 Å². The van der Waals surface area contributed by atoms with Gasteiger partial charge in [0.1, 0.15) is 11.6 Å². The van der Waals surface area contributed by atoms with Crippen molar-refractivity contribution in [2.45, 2.75) is 20.4 Å². The number of halogens is 1. The number of nitrogens with zero attached hydrogens (tertiary/aromatic N) is 3. The van der Waals surface area contributed by atoms with Crippen LogP contribution in [0.15, 0.2) is 27.4 Å². The van der Waals surface area contributed by atoms with E-state index in [-0.39, 0.29) is 0 Å². The lowest BCUT2D eigenvalue weighted by atomic mass is 10.2. The van der Waals surface area contributed by atoms with Crippen LogP contribution in [0.3, 0.4) is 0 Å². The molecule has 0 saturated carbocycles. The maximum Gasteiger partial charge on any atom is 0.224 e. The number of aromatic nitrogens is 2. The summed E-state index contributed by atoms with van der Waals surface area (Å²) < 4.78 is 6.18. The molecule has 0 aliphatic rings. The molecule has 1 N–H and O–H groups in total. The molecule has 0 aliphatic carbocycles. The number of nitrogens with one attached hydrogen (secondary N) is 1. The molecule has 0 aliphatic heterocycles. The summed E-state index contributed by atoms with van der Waals surface area (Å²) in [6, 6.07) is 1.98. The first-order chi connectivity index (χ1) is 9.11. The summed E-state index contributed by atoms with van der Waals surface area (Å²) in [5.41, 5.74) is 1.15. The molecule has 2 aromatic rings. The standard InChI is InChI=1S/C13H17BrN4O/c1-4-15-13-16-7-11(14)12(17-13)18(3)8-10-5-6-19-9(10)2/h5-7H,4,8H2,1-3H3,(H,15,16,17). The topological polar surface area (TPSA) is 54.2 Å². The molecular weight excluding hydrogens is 308 g/mol. The summed E-state index contributed by atoms with van der Waals surface area (Å²) in [5.74, 6) is 2.42. The molecule has 19 heavy (non-hydrogen) atoms. The average molecular weight is 325 g/mol. The van der Waals surface area contributed by atoms with Gasteiger partial charge in [-0.15, -0.1) is 0 Å². The van der Waals surface area contributed by atoms with Crippen molar-refractivity contribution in [1.29, 1.82) is 0 Å². The molecule has 0 amide bonds. The molecular formula is C13H17BrN4O. The van der Waals surface area contributed by atoms with Crippen LogP contribution in [0.1, 0.15) is 18.2 Å². The van der Waals surface area contributed by atoms with Crippen LogP contribution < -0.4 is 10.2 Å². The van der Waals surface area contributed by atoms with Crippen molar-refractivity contribution in [1.82, 2.24) is 9.97 Å². The van der Waals surface area contributed by atoms with Gasteiger partial charge in [0.2, 0.25) is 5.95 Å². The monoisotopic (exact) mass is 324 g/mol. The fourth-order valence-corrected chi connectivity index (χ4v) is 2.27. The summed E-state index contributed by atoms with van der Waals surface area (Å²) in [6.07, 6.45) is 3.47. The number of aryl methyl sites for hydroxylation is 1. The van der Waals surface area contributed by atoms with Crippen LogP contribution >= 0.6 is 15.9 Å². The summed E-state index contributed by atoms with van der Waals surface area (Å²) in [5, 5.41) is 3.11. The highest BCUT2D eigenvalue weighted by molar-refractivity contribution is 9.10. The van der Waals surface area contributed by atoms with Crippen LogP contribution in [0.4, 0.5) is 11.8 Å². The van der Waals surface area contributed by atoms with E-state index in [0.717, 1.165) is 34.7 Å². The third-order valence-corrected chi connectivity index (χ3v) is 3.36. The van der Waals surface area contributed by atoms with E-state index in [2.05, 4.69) is 36.1 Å². The first-order valence-corrected chi connectivity index (χ1v) is 6.91. The Morgan fingerprint density at radius 2 is 2.26 bits per heavy atom. The molecule has 2 heterocycles. The fourth-order valence-electron chi connectivity index (χ4n) is 1.77. The molecule has 5 nitrogen and oxygen atoms in total. The minimum absolute atomic E-state index is 0.636. The first kappa shape index (κ1) is 13.9. The Morgan fingerprint density at radius 3 is 2.89 bits per heavy atom. The third-order valence-electron chi connectivity index (χ3n) is 2.80. The maximum absolute atomic E-state index is 5.31. The molecule has 0 saturated heterocycles. The van der Waals surface area contributed by atoms with E-state index < -0.39 is 0 Å². The molecule has 0 bridgehead atoms. The second-order valence-electron chi connectivity index (χ2n) is 4.25. The number of furan rings is 1. The predicted molar refractivity (Wildman–Crippen MR) is 79.4 cm³/mol. The van der Waals surface area contributed by atoms with Crippen molar-refractivity contribution in [2.75, 3.05) is 23.8 Å². The second-order valence-corrected chi connectivity index (χ2v) is 5.11. The number of hydrogen-bond acceptors (Lipinski definition) is 5. The molecule has 0 spiro atoms. The van der Waals surface area contributed by atoms with Crippen molar-refractivity contribution >= 4 is 27.7 Å². The van der Waals surface area contributed by atoms with Gasteiger partial charge in [-0.1, -0.05) is 0 Å². The third kappa shape index (κ3) is 3.26. The van der Waals surface area contributed by atoms with E-state index in [9.17, 15) is 0 Å². The number of anilines is 2. The van der Waals surface area contributed by atoms with Crippen LogP contribution in [0.5, 0.6) is 0 Å². The van der Waals surface area contributed by atoms with E-state index in [4.69, 9.17) is 4.42 Å². The molecule has 0 aromatic carbocycles. The molecule has 2 rings (SSSR count). The zero-order chi connectivity index (χ0) is 13.8. The first-order valence-electron chi connectivity index (χ1n) is 6.12. The van der Waals surface area contributed by atoms with Gasteiger partial charge in [-0.25, -0.2) is 4.98 Å². The molecule has 102 valence electrons. The van der Waals surface area contributed by atoms with Crippen molar-refractivity contribution < 1.29 is 4.42 Å². The highest BCUT2D eigenvalue weighted by Gasteiger charge is 2.12. The van der Waals surface area contributed by atoms with Crippen molar-refractivity contribution in [2.24, 2.45) is 0 Å². The van der Waals surface area contributed by atoms with Gasteiger partial charge in [0.15, 0.2) is 0 Å². The SMILES string of the molecule is CCNc1ncc(Br)c(N(C)Cc2ccoc2C)n1. The van der Waals surface area contributed by atoms with Crippen molar-refractivity contribution in [3.63, 3.8) is 0 Å². The largest absolute Gasteiger partial charge is 0.469 e. The Hall–Kier alpha value is -1.56. The van der Waals surface area contributed by atoms with E-state index >= 15 is 0 Å². The predicted octanol–water partition coefficient (Wildman–Crippen LogP) is 3.21. The lowest BCUT2D eigenvalue weighted by Crippen LogP contribution is -2.19. The van der Waals surface area contributed by atoms with Gasteiger partial charge in [-0.3, -0.25) is 0 Å². The number of rotatable bonds is 5. The van der Waals surface area contributed by atoms with Crippen LogP contribution in [0, 0.1) is 6.92 Å². The van der Waals surface area contributed by atoms with Gasteiger partial charge >= 0.3 is 0 Å². The van der Waals surface area contributed by atoms with Gasteiger partial charge in [-0.05, 0) is 35.8 Å². The Morgan fingerprint density at radius 1 is 1.47 bits per heavy atom. The highest BCUT2D eigenvalue weighted by atomic mass is 79.9. The summed E-state index contributed by atoms with van der Waals surface area (Å²) in [6.45, 7) is 5.51. The minimum atomic E-state index is 0.636. The molecule has 2 aromatic heterocycles. The van der Waals surface area contributed by atoms with Crippen LogP contribution in [-0.4, -0.2) is 23.6 Å². The smallest absolute Gasteiger partial charge is 0.224 e. The van der Waals surface area contributed by atoms with E-state index in [1.807, 2.05) is 27.0 Å². The molecule has 0 fully saturated rings. The highest BCUT2D eigenvalue weighted by Crippen LogP contribution is 2.25. The van der Waals surface area contributed by atoms with E-state index in [0.29, 0.717) is 5.95 Å². The Labute approximate surface area is 121 Å². The quantitative estimate of drug-likeness (QED) is 0.915. The van der Waals surface area contributed by atoms with E-state index in [1.54, 1.807) is 12.5 Å². The van der Waals surface area contributed by atoms with Gasteiger partial charge < -0.3 is 14.6 Å². The Kier molecular flexibility index (Phi) is 4.42. The zero-order valence-electron chi connectivity index (χ0n) is 11.3. The Balaban J connectivity index is 2.20. The van der Waals surface area contributed by atoms with Gasteiger partial charge in [0.25, 0.3) is 0 Å². The van der Waals surface area contributed by atoms with Crippen LogP contribution in [0.2, 0.25) is 0 Å². The van der Waals surface area contributed by atoms with E-state index in [1.165, 1.54) is 0 Å². The Bertz CT molecular complexity index is 555. The van der Waals surface area contributed by atoms with Gasteiger partial charge in [0, 0.05) is 31.9 Å². The average Bonchev–Trinajstić information content (AvgIpc) is 2.77. The molecule has 0 unspecified atom stereocenters. The second kappa shape index (κ2) is 6.06. The zero-order valence-corrected chi connectivity index (χ0v) is 12.9. The maximum atomic E-state index is 5.31. The summed E-state index contributed by atoms with van der Waals surface area (Å²) >= 11 is 3.49. The molecule has 6 heteroatoms. The van der Waals surface area contributed by atoms with Gasteiger partial charge in [0.05, 0.1) is 10.7 Å². The van der Waals surface area contributed by atoms with Crippen LogP contribution in [-0.2, 0) is 6.54 Å². The minimum Gasteiger partial charge on any atom is -0.469 e. The lowest BCUT2D eigenvalue weighted by Gasteiger charge is -2.19. The molecule has 0 radical (unpaired) electrons. The number of hydrogen-bond donors (Lipinski definition) is 1.